The van der Waals surface area contributed by atoms with Gasteiger partial charge >= 0.3 is 32.7 Å². The van der Waals surface area contributed by atoms with Gasteiger partial charge in [0.15, 0.2) is 0 Å². The molecular weight excluding hydrogens is 413 g/mol. The Morgan fingerprint density at radius 3 is 0.640 bits per heavy atom. The van der Waals surface area contributed by atoms with Crippen LogP contribution in [0.1, 0.15) is 41.5 Å². The van der Waals surface area contributed by atoms with Crippen LogP contribution in [-0.2, 0) is 61.5 Å². The van der Waals surface area contributed by atoms with E-state index in [1.54, 1.807) is 0 Å². The number of carbonyl (C=O) groups is 6. The molecule has 138 valence electrons. The first-order valence-electron chi connectivity index (χ1n) is 6.80. The Labute approximate surface area is 171 Å². The molecule has 0 spiro atoms. The molecule has 0 bridgehead atoms. The maximum absolute atomic E-state index is 10.2. The van der Waals surface area contributed by atoms with Gasteiger partial charge in [-0.1, -0.05) is 20.8 Å². The number of carbonyl (C=O) groups excluding carboxylic acids is 6. The Kier molecular flexibility index (Phi) is 20.1. The topological polar surface area (TPSA) is 172 Å². The molecule has 10 heteroatoms. The number of aliphatic carboxylic acids is 3. The molecule has 0 radical (unpaired) electrons. The fourth-order valence-electron chi connectivity index (χ4n) is 0.498. The van der Waals surface area contributed by atoms with Gasteiger partial charge in [0.1, 0.15) is 17.3 Å². The molecule has 0 amide bonds. The molecule has 0 aliphatic carbocycles. The van der Waals surface area contributed by atoms with Gasteiger partial charge in [-0.25, -0.2) is 0 Å². The van der Waals surface area contributed by atoms with Gasteiger partial charge < -0.3 is 29.7 Å². The van der Waals surface area contributed by atoms with Crippen molar-refractivity contribution in [1.82, 2.24) is 0 Å². The standard InChI is InChI=1S/3C5H8O3.Y/c3*1-3(4(2)6)5(7)8;/h3*3H,1-2H3,(H,7,8);/q;;;+3/p-3. The number of ketones is 3. The number of carboxylic acid groups (broad SMARTS) is 3. The number of hydrogen-bond acceptors (Lipinski definition) is 9. The minimum absolute atomic E-state index is 0. The van der Waals surface area contributed by atoms with Crippen molar-refractivity contribution in [3.05, 3.63) is 0 Å². The van der Waals surface area contributed by atoms with Gasteiger partial charge in [-0.05, 0) is 20.8 Å². The molecular formula is C15H21O9Y. The van der Waals surface area contributed by atoms with Gasteiger partial charge in [0, 0.05) is 0 Å². The van der Waals surface area contributed by atoms with Crippen LogP contribution in [0.2, 0.25) is 0 Å². The summed E-state index contributed by atoms with van der Waals surface area (Å²) in [6, 6.07) is 0. The summed E-state index contributed by atoms with van der Waals surface area (Å²) in [4.78, 5) is 59.9. The maximum Gasteiger partial charge on any atom is 3.00 e. The van der Waals surface area contributed by atoms with Gasteiger partial charge in [-0.3, -0.25) is 14.4 Å². The molecule has 25 heavy (non-hydrogen) atoms. The molecule has 0 fully saturated rings. The second-order valence-electron chi connectivity index (χ2n) is 4.95. The van der Waals surface area contributed by atoms with E-state index in [9.17, 15) is 44.1 Å². The first kappa shape index (κ1) is 31.3. The van der Waals surface area contributed by atoms with E-state index in [4.69, 9.17) is 0 Å². The summed E-state index contributed by atoms with van der Waals surface area (Å²) in [5, 5.41) is 29.4. The average molecular weight is 434 g/mol. The third-order valence-corrected chi connectivity index (χ3v) is 2.89. The molecule has 0 saturated heterocycles. The normalized spacial score (nSPS) is 12.2. The van der Waals surface area contributed by atoms with Gasteiger partial charge in [-0.15, -0.1) is 0 Å². The Morgan fingerprint density at radius 2 is 0.640 bits per heavy atom. The second kappa shape index (κ2) is 16.0. The predicted octanol–water partition coefficient (Wildman–Crippen LogP) is -3.12. The average Bonchev–Trinajstić information content (AvgIpc) is 2.45. The van der Waals surface area contributed by atoms with Gasteiger partial charge in [0.05, 0.1) is 35.7 Å². The molecule has 9 nitrogen and oxygen atoms in total. The third kappa shape index (κ3) is 18.7. The summed E-state index contributed by atoms with van der Waals surface area (Å²) in [5.74, 6) is -7.92. The minimum Gasteiger partial charge on any atom is -0.549 e. The van der Waals surface area contributed by atoms with E-state index >= 15 is 0 Å². The molecule has 0 saturated carbocycles. The van der Waals surface area contributed by atoms with E-state index in [-0.39, 0.29) is 50.1 Å². The summed E-state index contributed by atoms with van der Waals surface area (Å²) >= 11 is 0. The smallest absolute Gasteiger partial charge is 0.549 e. The SMILES string of the molecule is CC(=O)C(C)C(=O)[O-].CC(=O)C(C)C(=O)[O-].CC(=O)C(C)C(=O)[O-].[Y+3]. The quantitative estimate of drug-likeness (QED) is 0.392. The molecule has 0 N–H and O–H groups in total. The Morgan fingerprint density at radius 1 is 0.520 bits per heavy atom. The van der Waals surface area contributed by atoms with E-state index in [0.29, 0.717) is 0 Å². The van der Waals surface area contributed by atoms with Crippen molar-refractivity contribution in [2.45, 2.75) is 41.5 Å². The van der Waals surface area contributed by atoms with Crippen molar-refractivity contribution in [3.8, 4) is 0 Å². The van der Waals surface area contributed by atoms with Crippen LogP contribution in [0.5, 0.6) is 0 Å². The number of Topliss-reactive ketones (excluding diaryl/α,β-unsaturated/α-hetero) is 3. The zero-order valence-corrected chi connectivity index (χ0v) is 17.8. The molecule has 0 aromatic rings. The van der Waals surface area contributed by atoms with E-state index in [1.807, 2.05) is 0 Å². The van der Waals surface area contributed by atoms with Crippen molar-refractivity contribution < 1.29 is 76.8 Å². The van der Waals surface area contributed by atoms with E-state index in [1.165, 1.54) is 41.5 Å². The monoisotopic (exact) mass is 434 g/mol. The van der Waals surface area contributed by atoms with Gasteiger partial charge in [-0.2, -0.15) is 0 Å². The van der Waals surface area contributed by atoms with Crippen LogP contribution in [-0.4, -0.2) is 35.3 Å². The summed E-state index contributed by atoms with van der Waals surface area (Å²) < 4.78 is 0. The molecule has 3 unspecified atom stereocenters. The van der Waals surface area contributed by atoms with E-state index in [2.05, 4.69) is 0 Å². The zero-order valence-electron chi connectivity index (χ0n) is 15.0. The third-order valence-electron chi connectivity index (χ3n) is 2.89. The molecule has 0 aliphatic rings. The fourth-order valence-corrected chi connectivity index (χ4v) is 0.498. The molecule has 0 aromatic heterocycles. The zero-order chi connectivity index (χ0) is 20.2. The molecule has 0 rings (SSSR count). The molecule has 0 aliphatic heterocycles. The molecule has 0 aromatic carbocycles. The Hall–Kier alpha value is -1.48. The fraction of sp³-hybridized carbons (Fsp3) is 0.600. The van der Waals surface area contributed by atoms with Crippen molar-refractivity contribution >= 4 is 35.3 Å². The van der Waals surface area contributed by atoms with Crippen LogP contribution < -0.4 is 15.3 Å². The van der Waals surface area contributed by atoms with Crippen molar-refractivity contribution in [2.75, 3.05) is 0 Å². The molecule has 0 heterocycles. The van der Waals surface area contributed by atoms with Crippen LogP contribution in [0.3, 0.4) is 0 Å². The summed E-state index contributed by atoms with van der Waals surface area (Å²) in [7, 11) is 0. The van der Waals surface area contributed by atoms with E-state index in [0.717, 1.165) is 0 Å². The van der Waals surface area contributed by atoms with Gasteiger partial charge in [0.25, 0.3) is 0 Å². The van der Waals surface area contributed by atoms with Crippen molar-refractivity contribution in [2.24, 2.45) is 17.8 Å². The Bertz CT molecular complexity index is 386. The van der Waals surface area contributed by atoms with Gasteiger partial charge in [0.2, 0.25) is 0 Å². The number of carboxylic acids is 3. The summed E-state index contributed by atoms with van der Waals surface area (Å²) in [6.07, 6.45) is 0. The number of rotatable bonds is 6. The molecule has 3 atom stereocenters. The second-order valence-corrected chi connectivity index (χ2v) is 4.95. The van der Waals surface area contributed by atoms with Crippen LogP contribution >= 0.6 is 0 Å². The van der Waals surface area contributed by atoms with Crippen molar-refractivity contribution in [3.63, 3.8) is 0 Å². The first-order valence-corrected chi connectivity index (χ1v) is 6.80. The Balaban J connectivity index is -0.000000130. The largest absolute Gasteiger partial charge is 3.00 e. The minimum atomic E-state index is -1.31. The maximum atomic E-state index is 10.2. The van der Waals surface area contributed by atoms with Crippen LogP contribution in [0.25, 0.3) is 0 Å². The van der Waals surface area contributed by atoms with Crippen molar-refractivity contribution in [1.29, 1.82) is 0 Å². The summed E-state index contributed by atoms with van der Waals surface area (Å²) in [6.45, 7) is 7.58. The van der Waals surface area contributed by atoms with E-state index < -0.39 is 35.7 Å². The van der Waals surface area contributed by atoms with Crippen LogP contribution in [0.15, 0.2) is 0 Å². The number of hydrogen-bond donors (Lipinski definition) is 0. The van der Waals surface area contributed by atoms with Crippen LogP contribution in [0, 0.1) is 17.8 Å². The predicted molar refractivity (Wildman–Crippen MR) is 74.6 cm³/mol. The summed E-state index contributed by atoms with van der Waals surface area (Å²) in [5.41, 5.74) is 0. The van der Waals surface area contributed by atoms with Crippen LogP contribution in [0.4, 0.5) is 0 Å². The first-order chi connectivity index (χ1) is 10.7.